The van der Waals surface area contributed by atoms with Crippen molar-refractivity contribution in [1.29, 1.82) is 0 Å². The maximum atomic E-state index is 8.55. The summed E-state index contributed by atoms with van der Waals surface area (Å²) >= 11 is 0. The van der Waals surface area contributed by atoms with E-state index < -0.39 is 7.82 Å². The van der Waals surface area contributed by atoms with Crippen molar-refractivity contribution in [2.75, 3.05) is 0 Å². The van der Waals surface area contributed by atoms with Gasteiger partial charge in [-0.05, 0) is 0 Å². The van der Waals surface area contributed by atoms with E-state index in [2.05, 4.69) is 0 Å². The largest absolute Gasteiger partial charge is 3.00 e. The molecule has 0 rings (SSSR count). The standard InChI is InChI=1S/2Fe.H3O4P.2H2O/c;;1-5(2,3)4;;/h;;(H3,1,2,3,4);2*1H2/q;+3;;;/p-3. The molecule has 0 bridgehead atoms. The van der Waals surface area contributed by atoms with Crippen LogP contribution in [0.2, 0.25) is 0 Å². The summed E-state index contributed by atoms with van der Waals surface area (Å²) in [4.78, 5) is 25.6. The molecule has 1 radical (unpaired) electrons. The fraction of sp³-hybridized carbons (Fsp3) is 0. The van der Waals surface area contributed by atoms with E-state index in [0.717, 1.165) is 0 Å². The molecule has 4 N–H and O–H groups in total. The van der Waals surface area contributed by atoms with Gasteiger partial charge in [0.25, 0.3) is 0 Å². The minimum Gasteiger partial charge on any atom is -0.822 e. The molecule has 0 aromatic carbocycles. The van der Waals surface area contributed by atoms with Crippen LogP contribution in [0, 0.1) is 0 Å². The van der Waals surface area contributed by atoms with Crippen LogP contribution in [0.15, 0.2) is 0 Å². The van der Waals surface area contributed by atoms with Gasteiger partial charge in [-0.2, -0.15) is 7.82 Å². The minimum absolute atomic E-state index is 0. The molecule has 0 aliphatic rings. The summed E-state index contributed by atoms with van der Waals surface area (Å²) in [6, 6.07) is 0. The molecule has 6 nitrogen and oxygen atoms in total. The van der Waals surface area contributed by atoms with Crippen LogP contribution < -0.4 is 14.7 Å². The molecule has 9 heavy (non-hydrogen) atoms. The third-order valence-corrected chi connectivity index (χ3v) is 0. The normalized spacial score (nSPS) is 6.56. The summed E-state index contributed by atoms with van der Waals surface area (Å²) in [7, 11) is -5.39. The van der Waals surface area contributed by atoms with E-state index in [0.29, 0.717) is 0 Å². The van der Waals surface area contributed by atoms with E-state index in [1.165, 1.54) is 0 Å². The van der Waals surface area contributed by atoms with Crippen LogP contribution in [-0.4, -0.2) is 11.0 Å². The predicted octanol–water partition coefficient (Wildman–Crippen LogP) is -4.48. The van der Waals surface area contributed by atoms with E-state index in [-0.39, 0.29) is 45.1 Å². The van der Waals surface area contributed by atoms with Crippen molar-refractivity contribution in [3.05, 3.63) is 0 Å². The zero-order valence-electron chi connectivity index (χ0n) is 3.79. The monoisotopic (exact) mass is 243 g/mol. The first-order valence-corrected chi connectivity index (χ1v) is 2.19. The Morgan fingerprint density at radius 1 is 1.00 bits per heavy atom. The molecule has 0 aromatic rings. The molecule has 61 valence electrons. The van der Waals surface area contributed by atoms with Crippen LogP contribution in [0.4, 0.5) is 0 Å². The van der Waals surface area contributed by atoms with E-state index in [9.17, 15) is 0 Å². The molecular weight excluding hydrogens is 239 g/mol. The fourth-order valence-corrected chi connectivity index (χ4v) is 0. The number of hydrogen-bond acceptors (Lipinski definition) is 4. The van der Waals surface area contributed by atoms with Gasteiger partial charge in [-0.15, -0.1) is 0 Å². The van der Waals surface area contributed by atoms with Crippen molar-refractivity contribution in [3.63, 3.8) is 0 Å². The Labute approximate surface area is 72.5 Å². The first-order valence-electron chi connectivity index (χ1n) is 0.730. The molecule has 0 amide bonds. The Kier molecular flexibility index (Phi) is 42.3. The van der Waals surface area contributed by atoms with Gasteiger partial charge in [0.2, 0.25) is 0 Å². The van der Waals surface area contributed by atoms with Crippen LogP contribution in [0.1, 0.15) is 0 Å². The van der Waals surface area contributed by atoms with E-state index in [1.807, 2.05) is 0 Å². The first kappa shape index (κ1) is 32.2. The Hall–Kier alpha value is 1.07. The predicted molar refractivity (Wildman–Crippen MR) is 14.8 cm³/mol. The summed E-state index contributed by atoms with van der Waals surface area (Å²) in [6.45, 7) is 0. The molecule has 0 atom stereocenters. The zero-order chi connectivity index (χ0) is 4.50. The third kappa shape index (κ3) is 397. The van der Waals surface area contributed by atoms with Gasteiger partial charge in [-0.3, -0.25) is 0 Å². The van der Waals surface area contributed by atoms with Crippen LogP contribution in [-0.2, 0) is 38.7 Å². The summed E-state index contributed by atoms with van der Waals surface area (Å²) in [6.07, 6.45) is 0. The molecule has 0 saturated heterocycles. The Bertz CT molecular complexity index is 57.2. The first-order chi connectivity index (χ1) is 2.00. The van der Waals surface area contributed by atoms with Gasteiger partial charge >= 0.3 is 17.1 Å². The van der Waals surface area contributed by atoms with Crippen LogP contribution in [0.5, 0.6) is 0 Å². The second-order valence-electron chi connectivity index (χ2n) is 0.447. The van der Waals surface area contributed by atoms with Crippen molar-refractivity contribution in [3.8, 4) is 0 Å². The summed E-state index contributed by atoms with van der Waals surface area (Å²) in [5, 5.41) is 0. The van der Waals surface area contributed by atoms with E-state index in [4.69, 9.17) is 19.2 Å². The van der Waals surface area contributed by atoms with Crippen molar-refractivity contribution in [2.45, 2.75) is 0 Å². The molecule has 0 heterocycles. The molecule has 0 unspecified atom stereocenters. The maximum Gasteiger partial charge on any atom is 3.00 e. The number of phosphoric acid groups is 1. The average molecular weight is 243 g/mol. The fourth-order valence-electron chi connectivity index (χ4n) is 0. The topological polar surface area (TPSA) is 149 Å². The van der Waals surface area contributed by atoms with Gasteiger partial charge in [0.1, 0.15) is 0 Å². The van der Waals surface area contributed by atoms with Gasteiger partial charge in [-0.1, -0.05) is 0 Å². The minimum atomic E-state index is -5.39. The molecular formula is H4Fe2O6P. The smallest absolute Gasteiger partial charge is 0.822 e. The van der Waals surface area contributed by atoms with Crippen molar-refractivity contribution >= 4 is 7.82 Å². The summed E-state index contributed by atoms with van der Waals surface area (Å²) in [5.41, 5.74) is 0. The van der Waals surface area contributed by atoms with Crippen LogP contribution in [0.25, 0.3) is 0 Å². The zero-order valence-corrected chi connectivity index (χ0v) is 6.89. The van der Waals surface area contributed by atoms with Crippen molar-refractivity contribution in [2.24, 2.45) is 0 Å². The van der Waals surface area contributed by atoms with E-state index in [1.54, 1.807) is 0 Å². The molecule has 0 saturated carbocycles. The van der Waals surface area contributed by atoms with Gasteiger partial charge in [0, 0.05) is 17.1 Å². The van der Waals surface area contributed by atoms with Gasteiger partial charge in [-0.25, -0.2) is 0 Å². The summed E-state index contributed by atoms with van der Waals surface area (Å²) in [5.74, 6) is 0. The molecule has 9 heteroatoms. The third-order valence-electron chi connectivity index (χ3n) is 0. The Morgan fingerprint density at radius 3 is 1.00 bits per heavy atom. The maximum absolute atomic E-state index is 8.55. The van der Waals surface area contributed by atoms with Gasteiger partial charge < -0.3 is 30.2 Å². The van der Waals surface area contributed by atoms with Crippen molar-refractivity contribution < 1.29 is 64.3 Å². The number of rotatable bonds is 0. The van der Waals surface area contributed by atoms with Crippen LogP contribution in [0.3, 0.4) is 0 Å². The summed E-state index contributed by atoms with van der Waals surface area (Å²) < 4.78 is 8.55. The molecule has 0 aliphatic heterocycles. The van der Waals surface area contributed by atoms with Gasteiger partial charge in [0.05, 0.1) is 0 Å². The molecule has 0 spiro atoms. The molecule has 0 aromatic heterocycles. The molecule has 0 aliphatic carbocycles. The Morgan fingerprint density at radius 2 is 1.00 bits per heavy atom. The van der Waals surface area contributed by atoms with E-state index >= 15 is 0 Å². The second kappa shape index (κ2) is 11.8. The SMILES string of the molecule is O.O.O=P([O-])([O-])[O-].[Fe+3].[Fe]. The van der Waals surface area contributed by atoms with Crippen molar-refractivity contribution in [1.82, 2.24) is 0 Å². The van der Waals surface area contributed by atoms with Gasteiger partial charge in [0.15, 0.2) is 0 Å². The average Bonchev–Trinajstić information content (AvgIpc) is 0.722. The quantitative estimate of drug-likeness (QED) is 0.311. The Balaban J connectivity index is -0.0000000133. The number of hydrogen-bond donors (Lipinski definition) is 0. The molecule has 0 fully saturated rings. The van der Waals surface area contributed by atoms with Crippen LogP contribution >= 0.6 is 7.82 Å². The second-order valence-corrected chi connectivity index (χ2v) is 1.34.